The Morgan fingerprint density at radius 3 is 2.95 bits per heavy atom. The molecule has 0 amide bonds. The number of hydrogen-bond donors (Lipinski definition) is 2. The van der Waals surface area contributed by atoms with E-state index in [1.54, 1.807) is 28.5 Å². The van der Waals surface area contributed by atoms with Crippen molar-refractivity contribution in [1.29, 1.82) is 0 Å². The topological polar surface area (TPSA) is 84.3 Å². The molecule has 118 valence electrons. The van der Waals surface area contributed by atoms with Gasteiger partial charge in [0.2, 0.25) is 0 Å². The number of aryl methyl sites for hydroxylation is 1. The molecule has 0 bridgehead atoms. The fourth-order valence-electron chi connectivity index (χ4n) is 2.16. The highest BCUT2D eigenvalue weighted by atomic mass is 33.1. The molecule has 21 heavy (non-hydrogen) atoms. The molecular formula is C13H20N2O4S2. The van der Waals surface area contributed by atoms with Crippen LogP contribution in [0.1, 0.15) is 31.6 Å². The van der Waals surface area contributed by atoms with Gasteiger partial charge in [0, 0.05) is 29.2 Å². The van der Waals surface area contributed by atoms with Crippen molar-refractivity contribution >= 4 is 21.6 Å². The van der Waals surface area contributed by atoms with Crippen LogP contribution < -0.4 is 11.2 Å². The minimum absolute atomic E-state index is 0.0715. The maximum absolute atomic E-state index is 11.9. The normalized spacial score (nSPS) is 25.4. The quantitative estimate of drug-likeness (QED) is 0.603. The van der Waals surface area contributed by atoms with Crippen molar-refractivity contribution in [3.63, 3.8) is 0 Å². The van der Waals surface area contributed by atoms with E-state index in [4.69, 9.17) is 4.74 Å². The molecule has 1 saturated heterocycles. The van der Waals surface area contributed by atoms with Gasteiger partial charge in [-0.25, -0.2) is 4.79 Å². The molecule has 0 saturated carbocycles. The van der Waals surface area contributed by atoms with E-state index in [-0.39, 0.29) is 23.5 Å². The predicted molar refractivity (Wildman–Crippen MR) is 85.8 cm³/mol. The van der Waals surface area contributed by atoms with Crippen LogP contribution in [0.5, 0.6) is 0 Å². The van der Waals surface area contributed by atoms with Gasteiger partial charge in [0.15, 0.2) is 0 Å². The number of H-pyrrole nitrogens is 1. The maximum Gasteiger partial charge on any atom is 0.330 e. The summed E-state index contributed by atoms with van der Waals surface area (Å²) >= 11 is 0. The first-order chi connectivity index (χ1) is 10.1. The SMILES string of the molecule is CCCSS[C@H]1C[C@H](n2cc(C)c(=O)[nH]c2=O)O[C@@H]1CO. The average Bonchev–Trinajstić information content (AvgIpc) is 2.86. The van der Waals surface area contributed by atoms with Crippen molar-refractivity contribution in [1.82, 2.24) is 9.55 Å². The minimum atomic E-state index is -0.473. The lowest BCUT2D eigenvalue weighted by molar-refractivity contribution is -0.0238. The van der Waals surface area contributed by atoms with Gasteiger partial charge in [-0.2, -0.15) is 0 Å². The number of aromatic nitrogens is 2. The summed E-state index contributed by atoms with van der Waals surface area (Å²) in [6.45, 7) is 3.70. The Morgan fingerprint density at radius 2 is 2.29 bits per heavy atom. The van der Waals surface area contributed by atoms with Gasteiger partial charge in [-0.1, -0.05) is 28.5 Å². The van der Waals surface area contributed by atoms with Crippen LogP contribution in [0, 0.1) is 6.92 Å². The van der Waals surface area contributed by atoms with E-state index in [1.807, 2.05) is 0 Å². The number of aliphatic hydroxyl groups is 1. The average molecular weight is 332 g/mol. The molecule has 1 fully saturated rings. The van der Waals surface area contributed by atoms with E-state index < -0.39 is 11.9 Å². The van der Waals surface area contributed by atoms with Crippen LogP contribution in [0.4, 0.5) is 0 Å². The molecule has 6 nitrogen and oxygen atoms in total. The molecule has 0 aromatic carbocycles. The summed E-state index contributed by atoms with van der Waals surface area (Å²) in [6, 6.07) is 0. The van der Waals surface area contributed by atoms with Crippen molar-refractivity contribution in [3.8, 4) is 0 Å². The lowest BCUT2D eigenvalue weighted by atomic mass is 10.2. The van der Waals surface area contributed by atoms with Gasteiger partial charge < -0.3 is 9.84 Å². The molecule has 2 rings (SSSR count). The van der Waals surface area contributed by atoms with Gasteiger partial charge in [-0.05, 0) is 13.3 Å². The van der Waals surface area contributed by atoms with Crippen molar-refractivity contribution < 1.29 is 9.84 Å². The number of ether oxygens (including phenoxy) is 1. The van der Waals surface area contributed by atoms with Crippen LogP contribution in [0.2, 0.25) is 0 Å². The van der Waals surface area contributed by atoms with Gasteiger partial charge in [0.25, 0.3) is 5.56 Å². The molecule has 2 N–H and O–H groups in total. The van der Waals surface area contributed by atoms with E-state index >= 15 is 0 Å². The van der Waals surface area contributed by atoms with E-state index in [9.17, 15) is 14.7 Å². The van der Waals surface area contributed by atoms with Gasteiger partial charge >= 0.3 is 5.69 Å². The Bertz CT molecular complexity index is 586. The number of nitrogens with zero attached hydrogens (tertiary/aromatic N) is 1. The summed E-state index contributed by atoms with van der Waals surface area (Å²) in [6.07, 6.45) is 2.52. The number of nitrogens with one attached hydrogen (secondary N) is 1. The molecule has 0 spiro atoms. The van der Waals surface area contributed by atoms with E-state index in [0.717, 1.165) is 12.2 Å². The van der Waals surface area contributed by atoms with Crippen LogP contribution in [0.15, 0.2) is 15.8 Å². The zero-order chi connectivity index (χ0) is 15.4. The second kappa shape index (κ2) is 7.53. The van der Waals surface area contributed by atoms with Crippen LogP contribution >= 0.6 is 21.6 Å². The van der Waals surface area contributed by atoms with Crippen molar-refractivity contribution in [2.24, 2.45) is 0 Å². The highest BCUT2D eigenvalue weighted by Crippen LogP contribution is 2.40. The first-order valence-corrected chi connectivity index (χ1v) is 9.31. The van der Waals surface area contributed by atoms with Gasteiger partial charge in [-0.15, -0.1) is 0 Å². The third-order valence-corrected chi connectivity index (χ3v) is 6.40. The number of rotatable bonds is 6. The summed E-state index contributed by atoms with van der Waals surface area (Å²) in [7, 11) is 3.45. The third-order valence-electron chi connectivity index (χ3n) is 3.30. The van der Waals surface area contributed by atoms with Gasteiger partial charge in [0.05, 0.1) is 12.7 Å². The molecule has 8 heteroatoms. The lowest BCUT2D eigenvalue weighted by Crippen LogP contribution is -2.33. The number of aliphatic hydroxyl groups excluding tert-OH is 1. The van der Waals surface area contributed by atoms with Gasteiger partial charge in [-0.3, -0.25) is 14.3 Å². The Hall–Kier alpha value is -0.700. The van der Waals surface area contributed by atoms with Crippen molar-refractivity contribution in [2.75, 3.05) is 12.4 Å². The zero-order valence-electron chi connectivity index (χ0n) is 12.1. The molecule has 1 aliphatic rings. The summed E-state index contributed by atoms with van der Waals surface area (Å²) in [4.78, 5) is 25.6. The summed E-state index contributed by atoms with van der Waals surface area (Å²) < 4.78 is 7.18. The minimum Gasteiger partial charge on any atom is -0.394 e. The van der Waals surface area contributed by atoms with Crippen molar-refractivity contribution in [3.05, 3.63) is 32.6 Å². The Kier molecular flexibility index (Phi) is 5.98. The molecule has 2 heterocycles. The molecule has 1 aromatic rings. The second-order valence-corrected chi connectivity index (χ2v) is 7.71. The van der Waals surface area contributed by atoms with Crippen LogP contribution in [-0.2, 0) is 4.74 Å². The molecule has 0 radical (unpaired) electrons. The van der Waals surface area contributed by atoms with Crippen molar-refractivity contribution in [2.45, 2.75) is 44.3 Å². The Labute approximate surface area is 130 Å². The summed E-state index contributed by atoms with van der Waals surface area (Å²) in [5.41, 5.74) is -0.383. The fourth-order valence-corrected chi connectivity index (χ4v) is 5.03. The maximum atomic E-state index is 11.9. The molecule has 1 aliphatic heterocycles. The largest absolute Gasteiger partial charge is 0.394 e. The molecule has 1 aromatic heterocycles. The van der Waals surface area contributed by atoms with E-state index in [1.165, 1.54) is 10.8 Å². The van der Waals surface area contributed by atoms with Crippen LogP contribution in [0.3, 0.4) is 0 Å². The molecule has 0 aliphatic carbocycles. The number of aromatic amines is 1. The standard InChI is InChI=1S/C13H20N2O4S2/c1-3-4-20-21-10-5-11(19-9(10)7-16)15-6-8(2)12(17)14-13(15)18/h6,9-11,16H,3-5,7H2,1-2H3,(H,14,17,18)/t9-,10+,11-/m1/s1. The molecular weight excluding hydrogens is 312 g/mol. The highest BCUT2D eigenvalue weighted by Gasteiger charge is 2.36. The van der Waals surface area contributed by atoms with Crippen LogP contribution in [0.25, 0.3) is 0 Å². The predicted octanol–water partition coefficient (Wildman–Crippen LogP) is 1.28. The van der Waals surface area contributed by atoms with E-state index in [2.05, 4.69) is 11.9 Å². The highest BCUT2D eigenvalue weighted by molar-refractivity contribution is 8.76. The first-order valence-electron chi connectivity index (χ1n) is 6.93. The second-order valence-electron chi connectivity index (χ2n) is 4.98. The monoisotopic (exact) mass is 332 g/mol. The number of hydrogen-bond acceptors (Lipinski definition) is 6. The zero-order valence-corrected chi connectivity index (χ0v) is 13.7. The van der Waals surface area contributed by atoms with E-state index in [0.29, 0.717) is 12.0 Å². The lowest BCUT2D eigenvalue weighted by Gasteiger charge is -2.15. The molecule has 0 unspecified atom stereocenters. The summed E-state index contributed by atoms with van der Waals surface area (Å²) in [5, 5.41) is 9.57. The molecule has 3 atom stereocenters. The summed E-state index contributed by atoms with van der Waals surface area (Å²) in [5.74, 6) is 1.04. The fraction of sp³-hybridized carbons (Fsp3) is 0.692. The Morgan fingerprint density at radius 1 is 1.52 bits per heavy atom. The first kappa shape index (κ1) is 16.7. The smallest absolute Gasteiger partial charge is 0.330 e. The Balaban J connectivity index is 2.13. The third kappa shape index (κ3) is 3.94. The van der Waals surface area contributed by atoms with Gasteiger partial charge in [0.1, 0.15) is 6.23 Å². The van der Waals surface area contributed by atoms with Crippen LogP contribution in [-0.4, -0.2) is 38.4 Å².